The summed E-state index contributed by atoms with van der Waals surface area (Å²) in [6.07, 6.45) is 10.2. The smallest absolute Gasteiger partial charge is 0.333 e. The van der Waals surface area contributed by atoms with Crippen molar-refractivity contribution in [3.8, 4) is 0 Å². The highest BCUT2D eigenvalue weighted by Crippen LogP contribution is 2.39. The fourth-order valence-corrected chi connectivity index (χ4v) is 3.35. The molecule has 1 atom stereocenters. The van der Waals surface area contributed by atoms with Crippen molar-refractivity contribution in [1.82, 2.24) is 0 Å². The molecule has 0 aromatic heterocycles. The van der Waals surface area contributed by atoms with E-state index in [-0.39, 0.29) is 6.61 Å². The summed E-state index contributed by atoms with van der Waals surface area (Å²) in [5.74, 6) is 0.0355. The quantitative estimate of drug-likeness (QED) is 0.775. The Morgan fingerprint density at radius 2 is 2.09 bits per heavy atom. The summed E-state index contributed by atoms with van der Waals surface area (Å²) in [5, 5.41) is 4.92. The van der Waals surface area contributed by atoms with Crippen LogP contribution in [0.5, 0.6) is 0 Å². The number of allylic oxidation sites excluding steroid dienone is 3. The minimum atomic E-state index is -3.99. The Hall–Kier alpha value is -1.15. The predicted octanol–water partition coefficient (Wildman–Crippen LogP) is 2.69. The van der Waals surface area contributed by atoms with Crippen molar-refractivity contribution in [2.45, 2.75) is 57.3 Å². The zero-order valence-electron chi connectivity index (χ0n) is 13.5. The van der Waals surface area contributed by atoms with E-state index < -0.39 is 22.2 Å². The Morgan fingerprint density at radius 3 is 2.70 bits per heavy atom. The molecule has 130 valence electrons. The Balaban J connectivity index is 2.23. The average molecular weight is 343 g/mol. The molecule has 1 aliphatic heterocycles. The van der Waals surface area contributed by atoms with Crippen molar-refractivity contribution in [3.63, 3.8) is 0 Å². The van der Waals surface area contributed by atoms with Gasteiger partial charge in [-0.3, -0.25) is 4.18 Å². The van der Waals surface area contributed by atoms with Crippen molar-refractivity contribution in [2.24, 2.45) is 5.14 Å². The fraction of sp³-hybridized carbons (Fsp3) is 0.625. The van der Waals surface area contributed by atoms with Crippen molar-refractivity contribution >= 4 is 10.3 Å². The molecule has 7 heteroatoms. The van der Waals surface area contributed by atoms with E-state index >= 15 is 0 Å². The van der Waals surface area contributed by atoms with Crippen molar-refractivity contribution in [2.75, 3.05) is 6.61 Å². The van der Waals surface area contributed by atoms with Crippen LogP contribution in [0.15, 0.2) is 36.1 Å². The normalized spacial score (nSPS) is 25.4. The average Bonchev–Trinajstić information content (AvgIpc) is 2.61. The van der Waals surface area contributed by atoms with Gasteiger partial charge in [0.2, 0.25) is 5.79 Å². The Labute approximate surface area is 138 Å². The number of hydrogen-bond acceptors (Lipinski definition) is 5. The number of nitrogens with two attached hydrogens (primary N) is 1. The first kappa shape index (κ1) is 18.2. The first-order valence-electron chi connectivity index (χ1n) is 7.86. The maximum absolute atomic E-state index is 11.0. The molecular formula is C16H25NO5S. The van der Waals surface area contributed by atoms with Gasteiger partial charge in [-0.2, -0.15) is 8.42 Å². The van der Waals surface area contributed by atoms with Crippen LogP contribution < -0.4 is 5.14 Å². The largest absolute Gasteiger partial charge is 0.462 e. The Morgan fingerprint density at radius 1 is 1.39 bits per heavy atom. The molecule has 0 amide bonds. The lowest BCUT2D eigenvalue weighted by molar-refractivity contribution is -0.250. The highest BCUT2D eigenvalue weighted by Gasteiger charge is 2.40. The van der Waals surface area contributed by atoms with Crippen molar-refractivity contribution in [3.05, 3.63) is 36.1 Å². The fourth-order valence-electron chi connectivity index (χ4n) is 3.00. The lowest BCUT2D eigenvalue weighted by Gasteiger charge is -2.38. The van der Waals surface area contributed by atoms with Gasteiger partial charge in [-0.15, -0.1) is 0 Å². The molecule has 0 saturated heterocycles. The van der Waals surface area contributed by atoms with E-state index in [0.29, 0.717) is 6.42 Å². The maximum atomic E-state index is 11.0. The van der Waals surface area contributed by atoms with E-state index in [1.165, 1.54) is 0 Å². The molecule has 1 spiro atoms. The molecule has 6 nitrogen and oxygen atoms in total. The summed E-state index contributed by atoms with van der Waals surface area (Å²) in [6.45, 7) is 5.50. The lowest BCUT2D eigenvalue weighted by atomic mass is 9.94. The molecule has 0 radical (unpaired) electrons. The minimum absolute atomic E-state index is 0.111. The second-order valence-electron chi connectivity index (χ2n) is 6.03. The second kappa shape index (κ2) is 7.61. The summed E-state index contributed by atoms with van der Waals surface area (Å²) in [7, 11) is -3.99. The molecule has 1 heterocycles. The van der Waals surface area contributed by atoms with Crippen LogP contribution in [0.1, 0.15) is 45.4 Å². The number of hydrogen-bond donors (Lipinski definition) is 1. The molecule has 1 unspecified atom stereocenters. The SMILES string of the molecule is C=C/C=C\C1=C(C)CC(COS(N)(=O)=O)OC2(CCCCC2)O1. The van der Waals surface area contributed by atoms with Crippen molar-refractivity contribution < 1.29 is 22.1 Å². The Bertz CT molecular complexity index is 588. The standard InChI is InChI=1S/C16H25NO5S/c1-3-4-8-15-13(2)11-14(12-20-23(17,18)19)21-16(22-15)9-6-5-7-10-16/h3-4,8,14H,1,5-7,9-12H2,2H3,(H2,17,18,19)/b8-4-. The molecule has 1 saturated carbocycles. The van der Waals surface area contributed by atoms with Crippen LogP contribution in [0.25, 0.3) is 0 Å². The summed E-state index contributed by atoms with van der Waals surface area (Å²) in [5.41, 5.74) is 0.980. The van der Waals surface area contributed by atoms with Gasteiger partial charge in [-0.25, -0.2) is 5.14 Å². The molecule has 1 fully saturated rings. The molecule has 1 aliphatic carbocycles. The first-order chi connectivity index (χ1) is 10.8. The van der Waals surface area contributed by atoms with Gasteiger partial charge in [0.25, 0.3) is 0 Å². The van der Waals surface area contributed by atoms with Gasteiger partial charge in [0.1, 0.15) is 5.76 Å². The maximum Gasteiger partial charge on any atom is 0.333 e. The molecule has 2 rings (SSSR count). The van der Waals surface area contributed by atoms with Gasteiger partial charge >= 0.3 is 10.3 Å². The van der Waals surface area contributed by atoms with Gasteiger partial charge in [0.15, 0.2) is 0 Å². The van der Waals surface area contributed by atoms with E-state index in [4.69, 9.17) is 18.8 Å². The van der Waals surface area contributed by atoms with E-state index in [0.717, 1.165) is 43.4 Å². The van der Waals surface area contributed by atoms with Crippen LogP contribution in [0.4, 0.5) is 0 Å². The van der Waals surface area contributed by atoms with Crippen LogP contribution in [-0.2, 0) is 24.0 Å². The number of rotatable bonds is 5. The molecule has 23 heavy (non-hydrogen) atoms. The third kappa shape index (κ3) is 5.46. The second-order valence-corrected chi connectivity index (χ2v) is 7.26. The van der Waals surface area contributed by atoms with Gasteiger partial charge in [-0.05, 0) is 31.4 Å². The molecule has 0 bridgehead atoms. The molecule has 0 aromatic carbocycles. The van der Waals surface area contributed by atoms with Gasteiger partial charge in [0, 0.05) is 19.3 Å². The summed E-state index contributed by atoms with van der Waals surface area (Å²) in [4.78, 5) is 0. The summed E-state index contributed by atoms with van der Waals surface area (Å²) in [6, 6.07) is 0. The van der Waals surface area contributed by atoms with E-state index in [9.17, 15) is 8.42 Å². The molecule has 2 aliphatic rings. The van der Waals surface area contributed by atoms with Crippen LogP contribution in [-0.4, -0.2) is 26.9 Å². The highest BCUT2D eigenvalue weighted by atomic mass is 32.2. The van der Waals surface area contributed by atoms with E-state index in [1.807, 2.05) is 19.1 Å². The third-order valence-electron chi connectivity index (χ3n) is 4.05. The van der Waals surface area contributed by atoms with E-state index in [2.05, 4.69) is 6.58 Å². The monoisotopic (exact) mass is 343 g/mol. The summed E-state index contributed by atoms with van der Waals surface area (Å²) < 4.78 is 39.2. The lowest BCUT2D eigenvalue weighted by Crippen LogP contribution is -2.41. The van der Waals surface area contributed by atoms with Gasteiger partial charge < -0.3 is 9.47 Å². The van der Waals surface area contributed by atoms with Crippen LogP contribution in [0, 0.1) is 0 Å². The van der Waals surface area contributed by atoms with Gasteiger partial charge in [0.05, 0.1) is 12.7 Å². The molecule has 2 N–H and O–H groups in total. The molecule has 0 aromatic rings. The molecular weight excluding hydrogens is 318 g/mol. The zero-order valence-corrected chi connectivity index (χ0v) is 14.3. The number of ether oxygens (including phenoxy) is 2. The minimum Gasteiger partial charge on any atom is -0.462 e. The Kier molecular flexibility index (Phi) is 6.02. The third-order valence-corrected chi connectivity index (χ3v) is 4.51. The van der Waals surface area contributed by atoms with Gasteiger partial charge in [-0.1, -0.05) is 25.2 Å². The highest BCUT2D eigenvalue weighted by molar-refractivity contribution is 7.84. The van der Waals surface area contributed by atoms with Crippen molar-refractivity contribution in [1.29, 1.82) is 0 Å². The van der Waals surface area contributed by atoms with Crippen LogP contribution in [0.3, 0.4) is 0 Å². The summed E-state index contributed by atoms with van der Waals surface area (Å²) >= 11 is 0. The predicted molar refractivity (Wildman–Crippen MR) is 87.5 cm³/mol. The topological polar surface area (TPSA) is 87.9 Å². The first-order valence-corrected chi connectivity index (χ1v) is 9.33. The zero-order chi connectivity index (χ0) is 16.9. The van der Waals surface area contributed by atoms with Crippen LogP contribution in [0.2, 0.25) is 0 Å². The van der Waals surface area contributed by atoms with Crippen LogP contribution >= 0.6 is 0 Å². The van der Waals surface area contributed by atoms with E-state index in [1.54, 1.807) is 6.08 Å².